The Morgan fingerprint density at radius 1 is 1.08 bits per heavy atom. The van der Waals surface area contributed by atoms with Crippen molar-refractivity contribution in [1.29, 1.82) is 0 Å². The fourth-order valence-corrected chi connectivity index (χ4v) is 3.49. The number of aryl methyl sites for hydroxylation is 1. The van der Waals surface area contributed by atoms with Gasteiger partial charge < -0.3 is 0 Å². The van der Waals surface area contributed by atoms with Crippen molar-refractivity contribution in [1.82, 2.24) is 4.98 Å². The third-order valence-electron chi connectivity index (χ3n) is 4.64. The van der Waals surface area contributed by atoms with Crippen LogP contribution in [0.15, 0.2) is 60.8 Å². The Hall–Kier alpha value is -3.01. The molecule has 1 aliphatic rings. The first-order chi connectivity index (χ1) is 11.6. The Bertz CT molecular complexity index is 933. The van der Waals surface area contributed by atoms with Crippen LogP contribution in [-0.2, 0) is 6.42 Å². The Morgan fingerprint density at radius 3 is 2.62 bits per heavy atom. The fraction of sp³-hybridized carbons (Fsp3) is 0.150. The van der Waals surface area contributed by atoms with Crippen LogP contribution in [-0.4, -0.2) is 9.91 Å². The molecule has 4 rings (SSSR count). The SMILES string of the molecule is Cc1ccc2c(c1)C(Cc1ccc([N+](=O)[O-])cc1)c1cccnc1-2. The summed E-state index contributed by atoms with van der Waals surface area (Å²) in [6, 6.07) is 17.4. The number of nitro groups is 1. The molecular formula is C20H16N2O2. The van der Waals surface area contributed by atoms with E-state index in [0.717, 1.165) is 17.7 Å². The number of nitro benzene ring substituents is 1. The van der Waals surface area contributed by atoms with Crippen LogP contribution in [0.25, 0.3) is 11.3 Å². The summed E-state index contributed by atoms with van der Waals surface area (Å²) in [6.07, 6.45) is 2.64. The minimum atomic E-state index is -0.364. The molecule has 2 aromatic carbocycles. The number of pyridine rings is 1. The van der Waals surface area contributed by atoms with Crippen molar-refractivity contribution < 1.29 is 4.92 Å². The number of nitrogens with zero attached hydrogens (tertiary/aromatic N) is 2. The van der Waals surface area contributed by atoms with Crippen molar-refractivity contribution in [2.24, 2.45) is 0 Å². The summed E-state index contributed by atoms with van der Waals surface area (Å²) in [6.45, 7) is 2.10. The van der Waals surface area contributed by atoms with E-state index in [4.69, 9.17) is 0 Å². The highest BCUT2D eigenvalue weighted by atomic mass is 16.6. The molecule has 0 bridgehead atoms. The molecule has 4 nitrogen and oxygen atoms in total. The number of aromatic nitrogens is 1. The van der Waals surface area contributed by atoms with Gasteiger partial charge >= 0.3 is 0 Å². The van der Waals surface area contributed by atoms with Gasteiger partial charge in [0.1, 0.15) is 0 Å². The minimum absolute atomic E-state index is 0.128. The number of hydrogen-bond donors (Lipinski definition) is 0. The molecule has 0 saturated heterocycles. The molecule has 118 valence electrons. The summed E-state index contributed by atoms with van der Waals surface area (Å²) in [4.78, 5) is 15.0. The smallest absolute Gasteiger partial charge is 0.258 e. The molecule has 1 aromatic heterocycles. The average Bonchev–Trinajstić information content (AvgIpc) is 2.89. The van der Waals surface area contributed by atoms with E-state index < -0.39 is 0 Å². The van der Waals surface area contributed by atoms with Gasteiger partial charge in [0.05, 0.1) is 10.6 Å². The molecule has 1 unspecified atom stereocenters. The molecule has 1 aliphatic carbocycles. The summed E-state index contributed by atoms with van der Waals surface area (Å²) < 4.78 is 0. The van der Waals surface area contributed by atoms with E-state index in [2.05, 4.69) is 36.2 Å². The molecule has 0 radical (unpaired) electrons. The topological polar surface area (TPSA) is 56.0 Å². The second kappa shape index (κ2) is 5.57. The van der Waals surface area contributed by atoms with Gasteiger partial charge in [0.25, 0.3) is 5.69 Å². The van der Waals surface area contributed by atoms with E-state index in [-0.39, 0.29) is 16.5 Å². The molecule has 4 heteroatoms. The molecule has 0 aliphatic heterocycles. The standard InChI is InChI=1S/C20H16N2O2/c1-13-4-9-17-18(11-13)19(16-3-2-10-21-20(16)17)12-14-5-7-15(8-6-14)22(23)24/h2-11,19H,12H2,1H3. The Labute approximate surface area is 140 Å². The first-order valence-electron chi connectivity index (χ1n) is 7.92. The lowest BCUT2D eigenvalue weighted by atomic mass is 9.90. The van der Waals surface area contributed by atoms with Crippen molar-refractivity contribution >= 4 is 5.69 Å². The zero-order valence-electron chi connectivity index (χ0n) is 13.3. The molecule has 24 heavy (non-hydrogen) atoms. The van der Waals surface area contributed by atoms with Crippen LogP contribution in [0.1, 0.15) is 28.2 Å². The van der Waals surface area contributed by atoms with Crippen molar-refractivity contribution in [3.05, 3.63) is 93.2 Å². The zero-order valence-corrected chi connectivity index (χ0v) is 13.3. The van der Waals surface area contributed by atoms with Gasteiger partial charge in [-0.2, -0.15) is 0 Å². The average molecular weight is 316 g/mol. The Balaban J connectivity index is 1.75. The molecule has 1 heterocycles. The lowest BCUT2D eigenvalue weighted by Crippen LogP contribution is -2.02. The van der Waals surface area contributed by atoms with Crippen LogP contribution in [0.3, 0.4) is 0 Å². The predicted molar refractivity (Wildman–Crippen MR) is 93.1 cm³/mol. The summed E-state index contributed by atoms with van der Waals surface area (Å²) in [7, 11) is 0. The number of fused-ring (bicyclic) bond motifs is 3. The number of non-ortho nitro benzene ring substituents is 1. The van der Waals surface area contributed by atoms with E-state index in [9.17, 15) is 10.1 Å². The molecule has 0 amide bonds. The second-order valence-electron chi connectivity index (χ2n) is 6.21. The van der Waals surface area contributed by atoms with E-state index in [0.29, 0.717) is 0 Å². The largest absolute Gasteiger partial charge is 0.269 e. The Morgan fingerprint density at radius 2 is 1.88 bits per heavy atom. The van der Waals surface area contributed by atoms with Crippen molar-refractivity contribution in [2.75, 3.05) is 0 Å². The molecular weight excluding hydrogens is 300 g/mol. The molecule has 0 spiro atoms. The molecule has 0 fully saturated rings. The summed E-state index contributed by atoms with van der Waals surface area (Å²) >= 11 is 0. The van der Waals surface area contributed by atoms with Crippen LogP contribution in [0.2, 0.25) is 0 Å². The van der Waals surface area contributed by atoms with Crippen LogP contribution in [0.5, 0.6) is 0 Å². The highest BCUT2D eigenvalue weighted by Gasteiger charge is 2.29. The maximum Gasteiger partial charge on any atom is 0.269 e. The third kappa shape index (κ3) is 2.36. The predicted octanol–water partition coefficient (Wildman–Crippen LogP) is 4.65. The Kier molecular flexibility index (Phi) is 3.38. The minimum Gasteiger partial charge on any atom is -0.258 e. The van der Waals surface area contributed by atoms with Gasteiger partial charge in [-0.1, -0.05) is 42.0 Å². The zero-order chi connectivity index (χ0) is 16.7. The van der Waals surface area contributed by atoms with Crippen LogP contribution < -0.4 is 0 Å². The van der Waals surface area contributed by atoms with Gasteiger partial charge in [-0.3, -0.25) is 15.1 Å². The van der Waals surface area contributed by atoms with E-state index >= 15 is 0 Å². The van der Waals surface area contributed by atoms with Crippen LogP contribution in [0.4, 0.5) is 5.69 Å². The number of rotatable bonds is 3. The normalized spacial score (nSPS) is 15.0. The number of benzene rings is 2. The van der Waals surface area contributed by atoms with E-state index in [1.54, 1.807) is 12.1 Å². The van der Waals surface area contributed by atoms with E-state index in [1.165, 1.54) is 22.3 Å². The fourth-order valence-electron chi connectivity index (χ4n) is 3.49. The van der Waals surface area contributed by atoms with Crippen molar-refractivity contribution in [3.63, 3.8) is 0 Å². The summed E-state index contributed by atoms with van der Waals surface area (Å²) in [5.41, 5.74) is 7.23. The number of hydrogen-bond acceptors (Lipinski definition) is 3. The molecule has 3 aromatic rings. The molecule has 0 saturated carbocycles. The van der Waals surface area contributed by atoms with Crippen molar-refractivity contribution in [2.45, 2.75) is 19.3 Å². The molecule has 0 N–H and O–H groups in total. The van der Waals surface area contributed by atoms with Gasteiger partial charge in [0, 0.05) is 29.8 Å². The highest BCUT2D eigenvalue weighted by Crippen LogP contribution is 2.45. The van der Waals surface area contributed by atoms with Crippen LogP contribution >= 0.6 is 0 Å². The van der Waals surface area contributed by atoms with Gasteiger partial charge in [0.15, 0.2) is 0 Å². The van der Waals surface area contributed by atoms with Gasteiger partial charge in [-0.25, -0.2) is 0 Å². The first-order valence-corrected chi connectivity index (χ1v) is 7.92. The molecule has 1 atom stereocenters. The van der Waals surface area contributed by atoms with Crippen LogP contribution in [0, 0.1) is 17.0 Å². The van der Waals surface area contributed by atoms with E-state index in [1.807, 2.05) is 24.4 Å². The lowest BCUT2D eigenvalue weighted by molar-refractivity contribution is -0.384. The summed E-state index contributed by atoms with van der Waals surface area (Å²) in [5.74, 6) is 0.241. The second-order valence-corrected chi connectivity index (χ2v) is 6.21. The maximum atomic E-state index is 10.8. The van der Waals surface area contributed by atoms with Crippen molar-refractivity contribution in [3.8, 4) is 11.3 Å². The summed E-state index contributed by atoms with van der Waals surface area (Å²) in [5, 5.41) is 10.8. The maximum absolute atomic E-state index is 10.8. The third-order valence-corrected chi connectivity index (χ3v) is 4.64. The van der Waals surface area contributed by atoms with Gasteiger partial charge in [-0.05, 0) is 36.1 Å². The monoisotopic (exact) mass is 316 g/mol. The lowest BCUT2D eigenvalue weighted by Gasteiger charge is -2.14. The van der Waals surface area contributed by atoms with Gasteiger partial charge in [-0.15, -0.1) is 0 Å². The van der Waals surface area contributed by atoms with Gasteiger partial charge in [0.2, 0.25) is 0 Å². The quantitative estimate of drug-likeness (QED) is 0.522. The highest BCUT2D eigenvalue weighted by molar-refractivity contribution is 5.76. The first kappa shape index (κ1) is 14.6.